The van der Waals surface area contributed by atoms with Crippen molar-refractivity contribution in [2.45, 2.75) is 0 Å². The molecule has 0 aromatic rings. The molecule has 0 spiro atoms. The van der Waals surface area contributed by atoms with Gasteiger partial charge < -0.3 is 78.4 Å². The molecular weight excluding hydrogens is 920 g/mol. The Kier molecular flexibility index (Phi) is 160. The summed E-state index contributed by atoms with van der Waals surface area (Å²) in [5.74, 6) is 0. The fraction of sp³-hybridized carbons (Fsp3) is 0. The average Bonchev–Trinajstić information content (AvgIpc) is 1.79. The summed E-state index contributed by atoms with van der Waals surface area (Å²) in [5, 5.41) is 0. The van der Waals surface area contributed by atoms with Gasteiger partial charge in [-0.2, -0.15) is 0 Å². The monoisotopic (exact) mass is 924 g/mol. The Morgan fingerprint density at radius 3 is 0.270 bits per heavy atom. The predicted octanol–water partition coefficient (Wildman–Crippen LogP) is -8.41. The number of hydrogen-bond acceptors (Lipinski definition) is 25. The van der Waals surface area contributed by atoms with E-state index in [1.165, 1.54) is 0 Å². The van der Waals surface area contributed by atoms with Crippen LogP contribution >= 0.6 is 0 Å². The van der Waals surface area contributed by atoms with Crippen molar-refractivity contribution >= 4 is 52.0 Å². The summed E-state index contributed by atoms with van der Waals surface area (Å²) in [4.78, 5) is 0. The average molecular weight is 927 g/mol. The Hall–Kier alpha value is 2.15. The maximum Gasteiger partial charge on any atom is 3.00 e. The van der Waals surface area contributed by atoms with Crippen LogP contribution in [0.4, 0.5) is 0 Å². The minimum Gasteiger partial charge on any atom is -0.870 e. The quantitative estimate of drug-likeness (QED) is 0.124. The molecule has 0 aromatic heterocycles. The van der Waals surface area contributed by atoms with Gasteiger partial charge in [-0.05, 0) is 0 Å². The molecule has 7 N–H and O–H groups in total. The minimum absolute atomic E-state index is 0. The van der Waals surface area contributed by atoms with Crippen LogP contribution in [0, 0.1) is 0 Å². The van der Waals surface area contributed by atoms with Crippen molar-refractivity contribution in [3.63, 3.8) is 0 Å². The van der Waals surface area contributed by atoms with Gasteiger partial charge in [0.2, 0.25) is 0 Å². The van der Waals surface area contributed by atoms with E-state index >= 15 is 0 Å². The van der Waals surface area contributed by atoms with E-state index in [-0.39, 0.29) is 134 Å². The van der Waals surface area contributed by atoms with E-state index in [1.54, 1.807) is 0 Å². The number of hydrogen-bond donors (Lipinski definition) is 0. The van der Waals surface area contributed by atoms with Crippen LogP contribution in [0.2, 0.25) is 0 Å². The van der Waals surface area contributed by atoms with Gasteiger partial charge in [0.15, 0.2) is 0 Å². The van der Waals surface area contributed by atoms with E-state index in [4.69, 9.17) is 87.6 Å². The van der Waals surface area contributed by atoms with Crippen molar-refractivity contribution in [2.24, 2.45) is 0 Å². The van der Waals surface area contributed by atoms with Gasteiger partial charge in [0.05, 0.1) is 0 Å². The third-order valence-electron chi connectivity index (χ3n) is 0. The van der Waals surface area contributed by atoms with E-state index in [9.17, 15) is 0 Å². The first kappa shape index (κ1) is 116. The van der Waals surface area contributed by atoms with Gasteiger partial charge in [0.25, 0.3) is 0 Å². The van der Waals surface area contributed by atoms with Crippen LogP contribution < -0.4 is 0 Å². The van der Waals surface area contributed by atoms with E-state index < -0.39 is 52.0 Å². The smallest absolute Gasteiger partial charge is 0.870 e. The zero-order chi connectivity index (χ0) is 22.5. The normalized spacial score (nSPS) is 7.84. The van der Waals surface area contributed by atoms with Crippen LogP contribution in [0.25, 0.3) is 0 Å². The molecule has 37 heteroatoms. The minimum atomic E-state index is -5.17. The fourth-order valence-corrected chi connectivity index (χ4v) is 0. The van der Waals surface area contributed by atoms with Crippen LogP contribution in [0.5, 0.6) is 0 Å². The Balaban J connectivity index is -0.00000000833. The summed E-state index contributed by atoms with van der Waals surface area (Å²) >= 11 is 0. The molecule has 0 fully saturated rings. The number of rotatable bonds is 0. The second-order valence-electron chi connectivity index (χ2n) is 2.04. The predicted molar refractivity (Wildman–Crippen MR) is 65.7 cm³/mol. The summed E-state index contributed by atoms with van der Waals surface area (Å²) < 4.78 is 170. The van der Waals surface area contributed by atoms with Crippen molar-refractivity contribution in [1.82, 2.24) is 0 Å². The zero-order valence-electron chi connectivity index (χ0n) is 15.0. The second-order valence-corrected chi connectivity index (χ2v) is 6.12. The van der Waals surface area contributed by atoms with Crippen molar-refractivity contribution in [2.75, 3.05) is 0 Å². The summed E-state index contributed by atoms with van der Waals surface area (Å²) in [5.41, 5.74) is 0. The van der Waals surface area contributed by atoms with Crippen molar-refractivity contribution in [3.8, 4) is 0 Å². The van der Waals surface area contributed by atoms with Gasteiger partial charge in [-0.25, -0.2) is 0 Å². The Morgan fingerprint density at radius 2 is 0.270 bits per heavy atom. The van der Waals surface area contributed by atoms with Gasteiger partial charge in [0, 0.05) is 52.0 Å². The molecule has 0 aromatic carbocycles. The van der Waals surface area contributed by atoms with Crippen LogP contribution in [0.1, 0.15) is 0 Å². The molecule has 0 heterocycles. The first-order chi connectivity index (χ1) is 10.0. The largest absolute Gasteiger partial charge is 3.00 e. The van der Waals surface area contributed by atoms with E-state index in [0.717, 1.165) is 0 Å². The molecule has 0 amide bonds. The van der Waals surface area contributed by atoms with Gasteiger partial charge in [0.1, 0.15) is 0 Å². The van der Waals surface area contributed by atoms with Gasteiger partial charge in [-0.3, -0.25) is 42.1 Å². The SMILES string of the molecule is O.O=S(=O)([O-])[O-].O=S(=O)([O-])[O-].O=S(=O)([O-])[O-].O=S(=O)([O-])[O-].O=S(=O)([O-])[O-].[Fe+3].[Fe+3].[Fe+3].[Ni+2].[Ni+2].[Ni+2].[OH-].[OH-].[OH-].[OH-].[OH-]. The van der Waals surface area contributed by atoms with Crippen LogP contribution in [0.15, 0.2) is 0 Å². The summed E-state index contributed by atoms with van der Waals surface area (Å²) in [7, 11) is -25.8. The van der Waals surface area contributed by atoms with E-state index in [2.05, 4.69) is 0 Å². The molecule has 0 saturated heterocycles. The zero-order valence-corrected chi connectivity index (χ0v) is 25.3. The third-order valence-corrected chi connectivity index (χ3v) is 0. The molecule has 0 bridgehead atoms. The molecule has 0 rings (SSSR count). The molecule has 247 valence electrons. The first-order valence-corrected chi connectivity index (χ1v) is 10.0. The topological polar surface area (TPSA) is 583 Å². The molecule has 0 saturated carbocycles. The second kappa shape index (κ2) is 50.9. The standard InChI is InChI=1S/3Fe.3Ni.5H2O4S.6H2O/c;;;;;;5*1-5(2,3)4;;;;;;/h;;;;;;5*(H2,1,2,3,4);6*1H2/q3*+3;3*+2;;;;;;;;;;;/p-15. The van der Waals surface area contributed by atoms with E-state index in [0.29, 0.717) is 0 Å². The van der Waals surface area contributed by atoms with Crippen LogP contribution in [-0.4, -0.2) is 120 Å². The van der Waals surface area contributed by atoms with Crippen LogP contribution in [-0.2, 0) is 153 Å². The molecule has 0 aliphatic heterocycles. The molecular formula is H7Fe3Ni3O26S5. The summed E-state index contributed by atoms with van der Waals surface area (Å²) in [6.45, 7) is 0. The molecule has 0 unspecified atom stereocenters. The molecule has 0 aliphatic rings. The van der Waals surface area contributed by atoms with Gasteiger partial charge in [-0.1, -0.05) is 0 Å². The van der Waals surface area contributed by atoms with Gasteiger partial charge >= 0.3 is 101 Å². The summed E-state index contributed by atoms with van der Waals surface area (Å²) in [6, 6.07) is 0. The van der Waals surface area contributed by atoms with Crippen molar-refractivity contribution in [1.29, 1.82) is 0 Å². The first-order valence-electron chi connectivity index (χ1n) is 3.33. The summed E-state index contributed by atoms with van der Waals surface area (Å²) in [6.07, 6.45) is 0. The Morgan fingerprint density at radius 1 is 0.270 bits per heavy atom. The van der Waals surface area contributed by atoms with E-state index in [1.807, 2.05) is 0 Å². The maximum atomic E-state index is 8.52. The maximum absolute atomic E-state index is 8.52. The molecule has 3 radical (unpaired) electrons. The Bertz CT molecular complexity index is 640. The molecule has 0 atom stereocenters. The van der Waals surface area contributed by atoms with Crippen LogP contribution in [0.3, 0.4) is 0 Å². The van der Waals surface area contributed by atoms with Crippen molar-refractivity contribution < 1.29 is 221 Å². The molecule has 26 nitrogen and oxygen atoms in total. The molecule has 37 heavy (non-hydrogen) atoms. The fourth-order valence-electron chi connectivity index (χ4n) is 0. The molecule has 0 aliphatic carbocycles. The van der Waals surface area contributed by atoms with Crippen molar-refractivity contribution in [3.05, 3.63) is 0 Å². The third kappa shape index (κ3) is 10800. The van der Waals surface area contributed by atoms with Gasteiger partial charge in [-0.15, -0.1) is 0 Å². The Labute approximate surface area is 270 Å².